The molecule has 2 aliphatic rings. The predicted molar refractivity (Wildman–Crippen MR) is 69.6 cm³/mol. The molecule has 0 unspecified atom stereocenters. The number of carboxylic acid groups (broad SMARTS) is 1. The van der Waals surface area contributed by atoms with Gasteiger partial charge in [0.15, 0.2) is 0 Å². The van der Waals surface area contributed by atoms with E-state index in [0.717, 1.165) is 12.0 Å². The Morgan fingerprint density at radius 1 is 1.25 bits per heavy atom. The molecule has 3 rings (SSSR count). The third-order valence-corrected chi connectivity index (χ3v) is 4.25. The Bertz CT molecular complexity index is 543. The van der Waals surface area contributed by atoms with Gasteiger partial charge >= 0.3 is 5.97 Å². The second-order valence-corrected chi connectivity index (χ2v) is 5.61. The van der Waals surface area contributed by atoms with Crippen LogP contribution in [0.25, 0.3) is 0 Å². The summed E-state index contributed by atoms with van der Waals surface area (Å²) in [6.07, 6.45) is 1.31. The van der Waals surface area contributed by atoms with E-state index in [4.69, 9.17) is 5.11 Å². The predicted octanol–water partition coefficient (Wildman–Crippen LogP) is 1.86. The normalized spacial score (nSPS) is 28.4. The van der Waals surface area contributed by atoms with Gasteiger partial charge in [-0.1, -0.05) is 12.1 Å². The smallest absolute Gasteiger partial charge is 0.308 e. The summed E-state index contributed by atoms with van der Waals surface area (Å²) >= 11 is 0. The summed E-state index contributed by atoms with van der Waals surface area (Å²) in [5.74, 6) is -1.39. The highest BCUT2D eigenvalue weighted by atomic mass is 19.1. The van der Waals surface area contributed by atoms with E-state index in [0.29, 0.717) is 19.5 Å². The fraction of sp³-hybridized carbons (Fsp3) is 0.467. The fourth-order valence-corrected chi connectivity index (χ4v) is 2.94. The lowest BCUT2D eigenvalue weighted by Gasteiger charge is -2.15. The van der Waals surface area contributed by atoms with E-state index in [1.165, 1.54) is 12.1 Å². The fourth-order valence-electron chi connectivity index (χ4n) is 2.94. The molecule has 3 atom stereocenters. The number of hydrogen-bond donors (Lipinski definition) is 1. The molecular weight excluding hydrogens is 261 g/mol. The molecule has 0 bridgehead atoms. The molecule has 0 radical (unpaired) electrons. The van der Waals surface area contributed by atoms with Crippen LogP contribution < -0.4 is 0 Å². The van der Waals surface area contributed by atoms with Crippen LogP contribution in [0.2, 0.25) is 0 Å². The van der Waals surface area contributed by atoms with Crippen molar-refractivity contribution in [3.05, 3.63) is 35.6 Å². The van der Waals surface area contributed by atoms with Gasteiger partial charge in [0, 0.05) is 19.0 Å². The summed E-state index contributed by atoms with van der Waals surface area (Å²) in [6, 6.07) is 6.26. The number of halogens is 1. The minimum Gasteiger partial charge on any atom is -0.481 e. The highest BCUT2D eigenvalue weighted by Crippen LogP contribution is 2.48. The largest absolute Gasteiger partial charge is 0.481 e. The molecule has 106 valence electrons. The zero-order valence-electron chi connectivity index (χ0n) is 11.0. The van der Waals surface area contributed by atoms with Gasteiger partial charge in [-0.3, -0.25) is 9.59 Å². The zero-order valence-corrected chi connectivity index (χ0v) is 11.0. The molecule has 1 aromatic carbocycles. The molecule has 20 heavy (non-hydrogen) atoms. The van der Waals surface area contributed by atoms with Gasteiger partial charge in [-0.2, -0.15) is 0 Å². The van der Waals surface area contributed by atoms with Crippen LogP contribution in [0.3, 0.4) is 0 Å². The molecule has 1 aliphatic carbocycles. The van der Waals surface area contributed by atoms with Crippen molar-refractivity contribution < 1.29 is 19.1 Å². The SMILES string of the molecule is O=C(O)[C@@H]1CCN(C(=O)[C@H]2C[C@H]2c2ccc(F)cc2)C1. The first kappa shape index (κ1) is 13.1. The number of hydrogen-bond acceptors (Lipinski definition) is 2. The standard InChI is InChI=1S/C15H16FNO3/c16-11-3-1-9(2-4-11)12-7-13(12)14(18)17-6-5-10(8-17)15(19)20/h1-4,10,12-13H,5-8H2,(H,19,20)/t10-,12+,13+/m1/s1. The second-order valence-electron chi connectivity index (χ2n) is 5.61. The summed E-state index contributed by atoms with van der Waals surface area (Å²) in [5, 5.41) is 8.95. The van der Waals surface area contributed by atoms with Gasteiger partial charge in [-0.05, 0) is 36.5 Å². The molecule has 1 heterocycles. The zero-order chi connectivity index (χ0) is 14.3. The Kier molecular flexibility index (Phi) is 3.20. The molecule has 2 fully saturated rings. The Hall–Kier alpha value is -1.91. The highest BCUT2D eigenvalue weighted by molar-refractivity contribution is 5.84. The van der Waals surface area contributed by atoms with Crippen LogP contribution >= 0.6 is 0 Å². The molecule has 1 saturated heterocycles. The van der Waals surface area contributed by atoms with E-state index >= 15 is 0 Å². The van der Waals surface area contributed by atoms with Gasteiger partial charge in [-0.15, -0.1) is 0 Å². The molecule has 1 amide bonds. The summed E-state index contributed by atoms with van der Waals surface area (Å²) in [6.45, 7) is 0.850. The molecule has 0 spiro atoms. The Labute approximate surface area is 116 Å². The molecule has 5 heteroatoms. The minimum absolute atomic E-state index is 0.0445. The van der Waals surface area contributed by atoms with Crippen LogP contribution in [-0.4, -0.2) is 35.0 Å². The minimum atomic E-state index is -0.828. The molecule has 1 aliphatic heterocycles. The Morgan fingerprint density at radius 2 is 1.95 bits per heavy atom. The van der Waals surface area contributed by atoms with Crippen LogP contribution in [-0.2, 0) is 9.59 Å². The first-order valence-electron chi connectivity index (χ1n) is 6.83. The Morgan fingerprint density at radius 3 is 2.55 bits per heavy atom. The van der Waals surface area contributed by atoms with Crippen LogP contribution in [0, 0.1) is 17.7 Å². The van der Waals surface area contributed by atoms with Crippen molar-refractivity contribution in [2.45, 2.75) is 18.8 Å². The van der Waals surface area contributed by atoms with Gasteiger partial charge in [0.2, 0.25) is 5.91 Å². The maximum Gasteiger partial charge on any atom is 0.308 e. The van der Waals surface area contributed by atoms with Crippen LogP contribution in [0.5, 0.6) is 0 Å². The van der Waals surface area contributed by atoms with Gasteiger partial charge < -0.3 is 10.0 Å². The topological polar surface area (TPSA) is 57.6 Å². The van der Waals surface area contributed by atoms with Gasteiger partial charge in [0.25, 0.3) is 0 Å². The lowest BCUT2D eigenvalue weighted by molar-refractivity contribution is -0.141. The van der Waals surface area contributed by atoms with Crippen molar-refractivity contribution in [3.8, 4) is 0 Å². The summed E-state index contributed by atoms with van der Waals surface area (Å²) in [7, 11) is 0. The molecule has 0 aromatic heterocycles. The lowest BCUT2D eigenvalue weighted by atomic mass is 10.1. The van der Waals surface area contributed by atoms with Crippen LogP contribution in [0.4, 0.5) is 4.39 Å². The summed E-state index contributed by atoms with van der Waals surface area (Å²) < 4.78 is 12.9. The van der Waals surface area contributed by atoms with Crippen LogP contribution in [0.15, 0.2) is 24.3 Å². The highest BCUT2D eigenvalue weighted by Gasteiger charge is 2.47. The molecule has 4 nitrogen and oxygen atoms in total. The number of carboxylic acids is 1. The maximum absolute atomic E-state index is 12.9. The van der Waals surface area contributed by atoms with E-state index in [1.807, 2.05) is 0 Å². The van der Waals surface area contributed by atoms with E-state index in [2.05, 4.69) is 0 Å². The first-order valence-corrected chi connectivity index (χ1v) is 6.83. The number of carbonyl (C=O) groups is 2. The number of likely N-dealkylation sites (tertiary alicyclic amines) is 1. The van der Waals surface area contributed by atoms with E-state index < -0.39 is 11.9 Å². The molecule has 1 N–H and O–H groups in total. The third kappa shape index (κ3) is 2.40. The van der Waals surface area contributed by atoms with Crippen molar-refractivity contribution in [2.24, 2.45) is 11.8 Å². The van der Waals surface area contributed by atoms with E-state index in [1.54, 1.807) is 17.0 Å². The van der Waals surface area contributed by atoms with Crippen molar-refractivity contribution in [3.63, 3.8) is 0 Å². The van der Waals surface area contributed by atoms with Crippen molar-refractivity contribution in [2.75, 3.05) is 13.1 Å². The number of rotatable bonds is 3. The Balaban J connectivity index is 1.61. The molecular formula is C15H16FNO3. The number of carbonyl (C=O) groups excluding carboxylic acids is 1. The average Bonchev–Trinajstić information content (AvgIpc) is 3.06. The van der Waals surface area contributed by atoms with Crippen LogP contribution in [0.1, 0.15) is 24.3 Å². The van der Waals surface area contributed by atoms with Gasteiger partial charge in [0.1, 0.15) is 5.82 Å². The number of benzene rings is 1. The van der Waals surface area contributed by atoms with Gasteiger partial charge in [-0.25, -0.2) is 4.39 Å². The third-order valence-electron chi connectivity index (χ3n) is 4.25. The molecule has 1 saturated carbocycles. The second kappa shape index (κ2) is 4.89. The van der Waals surface area contributed by atoms with E-state index in [9.17, 15) is 14.0 Å². The maximum atomic E-state index is 12.9. The monoisotopic (exact) mass is 277 g/mol. The van der Waals surface area contributed by atoms with Crippen molar-refractivity contribution in [1.29, 1.82) is 0 Å². The molecule has 1 aromatic rings. The lowest BCUT2D eigenvalue weighted by Crippen LogP contribution is -2.31. The summed E-state index contributed by atoms with van der Waals surface area (Å²) in [5.41, 5.74) is 0.985. The van der Waals surface area contributed by atoms with Crippen molar-refractivity contribution >= 4 is 11.9 Å². The van der Waals surface area contributed by atoms with E-state index in [-0.39, 0.29) is 23.6 Å². The van der Waals surface area contributed by atoms with Gasteiger partial charge in [0.05, 0.1) is 5.92 Å². The average molecular weight is 277 g/mol. The number of aliphatic carboxylic acids is 1. The summed E-state index contributed by atoms with van der Waals surface area (Å²) in [4.78, 5) is 24.8. The first-order chi connectivity index (χ1) is 9.56. The number of nitrogens with zero attached hydrogens (tertiary/aromatic N) is 1. The quantitative estimate of drug-likeness (QED) is 0.917. The number of amides is 1. The van der Waals surface area contributed by atoms with Crippen molar-refractivity contribution in [1.82, 2.24) is 4.90 Å².